The van der Waals surface area contributed by atoms with Crippen LogP contribution in [-0.4, -0.2) is 72.6 Å². The van der Waals surface area contributed by atoms with Crippen LogP contribution in [0, 0.1) is 6.92 Å². The van der Waals surface area contributed by atoms with Crippen molar-refractivity contribution in [1.29, 1.82) is 0 Å². The number of hydrogen-bond acceptors (Lipinski definition) is 6. The van der Waals surface area contributed by atoms with Gasteiger partial charge in [-0.1, -0.05) is 42.0 Å². The lowest BCUT2D eigenvalue weighted by molar-refractivity contribution is -0.140. The highest BCUT2D eigenvalue weighted by molar-refractivity contribution is 6.46. The molecule has 2 saturated heterocycles. The Bertz CT molecular complexity index is 1040. The van der Waals surface area contributed by atoms with Crippen molar-refractivity contribution in [2.45, 2.75) is 26.3 Å². The van der Waals surface area contributed by atoms with Gasteiger partial charge in [-0.15, -0.1) is 0 Å². The van der Waals surface area contributed by atoms with Gasteiger partial charge >= 0.3 is 0 Å². The van der Waals surface area contributed by atoms with Crippen LogP contribution in [0.25, 0.3) is 5.76 Å². The van der Waals surface area contributed by atoms with Crippen molar-refractivity contribution in [1.82, 2.24) is 9.80 Å². The fourth-order valence-electron chi connectivity index (χ4n) is 4.53. The molecule has 4 rings (SSSR count). The summed E-state index contributed by atoms with van der Waals surface area (Å²) in [4.78, 5) is 30.2. The number of ketones is 1. The molecule has 0 spiro atoms. The molecule has 2 aliphatic heterocycles. The maximum Gasteiger partial charge on any atom is 0.295 e. The number of aliphatic hydroxyl groups is 1. The van der Waals surface area contributed by atoms with Crippen molar-refractivity contribution in [3.63, 3.8) is 0 Å². The molecule has 2 aliphatic rings. The van der Waals surface area contributed by atoms with E-state index < -0.39 is 17.7 Å². The molecule has 0 saturated carbocycles. The molecule has 0 aromatic heterocycles. The highest BCUT2D eigenvalue weighted by Gasteiger charge is 2.45. The van der Waals surface area contributed by atoms with Gasteiger partial charge < -0.3 is 19.5 Å². The summed E-state index contributed by atoms with van der Waals surface area (Å²) in [5, 5.41) is 11.2. The minimum atomic E-state index is -0.651. The van der Waals surface area contributed by atoms with E-state index in [4.69, 9.17) is 9.47 Å². The average Bonchev–Trinajstić information content (AvgIpc) is 3.10. The summed E-state index contributed by atoms with van der Waals surface area (Å²) in [6.07, 6.45) is 0.727. The van der Waals surface area contributed by atoms with Crippen LogP contribution < -0.4 is 4.74 Å². The van der Waals surface area contributed by atoms with E-state index in [0.717, 1.165) is 37.2 Å². The molecule has 1 N–H and O–H groups in total. The minimum absolute atomic E-state index is 0.129. The number of amides is 1. The smallest absolute Gasteiger partial charge is 0.295 e. The van der Waals surface area contributed by atoms with Crippen molar-refractivity contribution in [3.8, 4) is 5.75 Å². The largest absolute Gasteiger partial charge is 0.507 e. The fourth-order valence-corrected chi connectivity index (χ4v) is 4.53. The van der Waals surface area contributed by atoms with Gasteiger partial charge in [-0.2, -0.15) is 0 Å². The lowest BCUT2D eigenvalue weighted by atomic mass is 9.95. The molecule has 2 fully saturated rings. The van der Waals surface area contributed by atoms with Crippen LogP contribution in [0.2, 0.25) is 0 Å². The second kappa shape index (κ2) is 10.8. The van der Waals surface area contributed by atoms with Crippen molar-refractivity contribution in [2.24, 2.45) is 0 Å². The highest BCUT2D eigenvalue weighted by atomic mass is 16.5. The van der Waals surface area contributed by atoms with Crippen LogP contribution in [0.3, 0.4) is 0 Å². The number of hydrogen-bond donors (Lipinski definition) is 1. The maximum atomic E-state index is 13.2. The molecule has 34 heavy (non-hydrogen) atoms. The first kappa shape index (κ1) is 24.0. The summed E-state index contributed by atoms with van der Waals surface area (Å²) < 4.78 is 11.0. The summed E-state index contributed by atoms with van der Waals surface area (Å²) in [7, 11) is 0. The van der Waals surface area contributed by atoms with E-state index in [1.54, 1.807) is 17.0 Å². The van der Waals surface area contributed by atoms with Gasteiger partial charge in [-0.3, -0.25) is 14.5 Å². The van der Waals surface area contributed by atoms with Crippen LogP contribution in [0.1, 0.15) is 36.1 Å². The number of Topliss-reactive ketones (excluding diaryl/α,β-unsaturated/α-hetero) is 1. The Balaban J connectivity index is 1.66. The number of likely N-dealkylation sites (tertiary alicyclic amines) is 1. The molecule has 7 heteroatoms. The van der Waals surface area contributed by atoms with Crippen molar-refractivity contribution >= 4 is 17.4 Å². The third-order valence-electron chi connectivity index (χ3n) is 6.35. The van der Waals surface area contributed by atoms with Gasteiger partial charge in [-0.05, 0) is 38.0 Å². The van der Waals surface area contributed by atoms with Crippen LogP contribution in [0.15, 0.2) is 54.1 Å². The molecular weight excluding hydrogens is 432 g/mol. The average molecular weight is 465 g/mol. The molecule has 7 nitrogen and oxygen atoms in total. The van der Waals surface area contributed by atoms with E-state index in [2.05, 4.69) is 4.90 Å². The Hall–Kier alpha value is -3.16. The number of aliphatic hydroxyl groups excluding tert-OH is 1. The molecule has 2 aromatic rings. The zero-order valence-electron chi connectivity index (χ0n) is 19.8. The predicted molar refractivity (Wildman–Crippen MR) is 130 cm³/mol. The highest BCUT2D eigenvalue weighted by Crippen LogP contribution is 2.40. The maximum absolute atomic E-state index is 13.2. The van der Waals surface area contributed by atoms with Crippen LogP contribution in [-0.2, 0) is 14.3 Å². The zero-order valence-corrected chi connectivity index (χ0v) is 19.8. The molecule has 0 bridgehead atoms. The van der Waals surface area contributed by atoms with Gasteiger partial charge in [0, 0.05) is 31.7 Å². The van der Waals surface area contributed by atoms with Crippen LogP contribution in [0.4, 0.5) is 0 Å². The fraction of sp³-hybridized carbons (Fsp3) is 0.407. The summed E-state index contributed by atoms with van der Waals surface area (Å²) >= 11 is 0. The number of rotatable bonds is 8. The summed E-state index contributed by atoms with van der Waals surface area (Å²) in [6.45, 7) is 8.83. The normalized spacial score (nSPS) is 20.6. The third-order valence-corrected chi connectivity index (χ3v) is 6.35. The van der Waals surface area contributed by atoms with E-state index >= 15 is 0 Å². The monoisotopic (exact) mass is 464 g/mol. The molecule has 0 aliphatic carbocycles. The second-order valence-corrected chi connectivity index (χ2v) is 8.67. The first-order valence-electron chi connectivity index (χ1n) is 11.9. The number of carbonyl (C=O) groups excluding carboxylic acids is 2. The molecule has 2 heterocycles. The Labute approximate surface area is 200 Å². The van der Waals surface area contributed by atoms with E-state index in [9.17, 15) is 14.7 Å². The SMILES string of the molecule is CCOc1ccc([C@H]2/C(=C(\O)c3ccc(C)cc3)C(=O)C(=O)N2CCCN2CCOCC2)cc1. The number of ether oxygens (including phenoxy) is 2. The number of aryl methyl sites for hydroxylation is 1. The number of nitrogens with zero attached hydrogens (tertiary/aromatic N) is 2. The van der Waals surface area contributed by atoms with Crippen molar-refractivity contribution in [2.75, 3.05) is 46.0 Å². The van der Waals surface area contributed by atoms with Crippen LogP contribution in [0.5, 0.6) is 5.75 Å². The van der Waals surface area contributed by atoms with Crippen molar-refractivity contribution in [3.05, 3.63) is 70.8 Å². The van der Waals surface area contributed by atoms with Gasteiger partial charge in [0.25, 0.3) is 11.7 Å². The topological polar surface area (TPSA) is 79.3 Å². The van der Waals surface area contributed by atoms with Gasteiger partial charge in [0.15, 0.2) is 0 Å². The molecule has 0 unspecified atom stereocenters. The van der Waals surface area contributed by atoms with E-state index in [1.165, 1.54) is 0 Å². The summed E-state index contributed by atoms with van der Waals surface area (Å²) in [5.74, 6) is -0.653. The molecule has 0 radical (unpaired) electrons. The Kier molecular flexibility index (Phi) is 7.65. The molecule has 1 atom stereocenters. The van der Waals surface area contributed by atoms with Gasteiger partial charge in [0.05, 0.1) is 31.4 Å². The van der Waals surface area contributed by atoms with E-state index in [0.29, 0.717) is 37.7 Å². The van der Waals surface area contributed by atoms with E-state index in [-0.39, 0.29) is 11.3 Å². The van der Waals surface area contributed by atoms with Crippen LogP contribution >= 0.6 is 0 Å². The minimum Gasteiger partial charge on any atom is -0.507 e. The first-order valence-corrected chi connectivity index (χ1v) is 11.9. The zero-order chi connectivity index (χ0) is 24.1. The quantitative estimate of drug-likeness (QED) is 0.366. The van der Waals surface area contributed by atoms with Gasteiger partial charge in [-0.25, -0.2) is 0 Å². The summed E-state index contributed by atoms with van der Waals surface area (Å²) in [6, 6.07) is 14.0. The predicted octanol–water partition coefficient (Wildman–Crippen LogP) is 3.54. The lowest BCUT2D eigenvalue weighted by Gasteiger charge is -2.29. The number of morpholine rings is 1. The Morgan fingerprint density at radius 3 is 2.35 bits per heavy atom. The molecule has 1 amide bonds. The second-order valence-electron chi connectivity index (χ2n) is 8.67. The van der Waals surface area contributed by atoms with E-state index in [1.807, 2.05) is 50.2 Å². The van der Waals surface area contributed by atoms with Gasteiger partial charge in [0.1, 0.15) is 11.5 Å². The summed E-state index contributed by atoms with van der Waals surface area (Å²) in [5.41, 5.74) is 2.46. The lowest BCUT2D eigenvalue weighted by Crippen LogP contribution is -2.38. The first-order chi connectivity index (χ1) is 16.5. The Morgan fingerprint density at radius 1 is 1.03 bits per heavy atom. The van der Waals surface area contributed by atoms with Gasteiger partial charge in [0.2, 0.25) is 0 Å². The third kappa shape index (κ3) is 5.16. The molecule has 2 aromatic carbocycles. The number of carbonyl (C=O) groups is 2. The van der Waals surface area contributed by atoms with Crippen molar-refractivity contribution < 1.29 is 24.2 Å². The molecule has 180 valence electrons. The number of benzene rings is 2. The Morgan fingerprint density at radius 2 is 1.71 bits per heavy atom. The standard InChI is InChI=1S/C27H32N2O5/c1-3-34-22-11-9-20(10-12-22)24-23(25(30)21-7-5-19(2)6-8-21)26(31)27(32)29(24)14-4-13-28-15-17-33-18-16-28/h5-12,24,30H,3-4,13-18H2,1-2H3/b25-23+/t24-/m0/s1. The molecular formula is C27H32N2O5.